The maximum atomic E-state index is 12.9. The summed E-state index contributed by atoms with van der Waals surface area (Å²) in [7, 11) is 0. The second-order valence-corrected chi connectivity index (χ2v) is 8.17. The Kier molecular flexibility index (Phi) is 4.74. The van der Waals surface area contributed by atoms with Crippen molar-refractivity contribution in [2.45, 2.75) is 37.7 Å². The van der Waals surface area contributed by atoms with E-state index in [-0.39, 0.29) is 11.2 Å². The lowest BCUT2D eigenvalue weighted by atomic mass is 10.1. The van der Waals surface area contributed by atoms with Crippen molar-refractivity contribution < 1.29 is 9.21 Å². The molecule has 0 unspecified atom stereocenters. The van der Waals surface area contributed by atoms with Gasteiger partial charge in [0.25, 0.3) is 5.22 Å². The van der Waals surface area contributed by atoms with Gasteiger partial charge in [-0.05, 0) is 51.0 Å². The summed E-state index contributed by atoms with van der Waals surface area (Å²) < 4.78 is 5.80. The molecule has 3 aromatic rings. The van der Waals surface area contributed by atoms with E-state index in [0.717, 1.165) is 35.3 Å². The Morgan fingerprint density at radius 2 is 1.89 bits per heavy atom. The van der Waals surface area contributed by atoms with Crippen molar-refractivity contribution in [1.82, 2.24) is 10.2 Å². The first-order chi connectivity index (χ1) is 13.0. The van der Waals surface area contributed by atoms with Gasteiger partial charge in [0.2, 0.25) is 11.8 Å². The van der Waals surface area contributed by atoms with Crippen molar-refractivity contribution in [3.63, 3.8) is 0 Å². The van der Waals surface area contributed by atoms with Crippen LogP contribution in [0.5, 0.6) is 0 Å². The largest absolute Gasteiger partial charge is 0.411 e. The van der Waals surface area contributed by atoms with Crippen molar-refractivity contribution in [2.75, 3.05) is 11.4 Å². The first-order valence-electron chi connectivity index (χ1n) is 8.99. The van der Waals surface area contributed by atoms with Gasteiger partial charge in [-0.15, -0.1) is 10.2 Å². The molecule has 0 bridgehead atoms. The fraction of sp³-hybridized carbons (Fsp3) is 0.286. The van der Waals surface area contributed by atoms with Gasteiger partial charge >= 0.3 is 0 Å². The van der Waals surface area contributed by atoms with E-state index < -0.39 is 0 Å². The van der Waals surface area contributed by atoms with Crippen LogP contribution in [0.3, 0.4) is 0 Å². The lowest BCUT2D eigenvalue weighted by Crippen LogP contribution is -2.35. The van der Waals surface area contributed by atoms with Crippen LogP contribution in [0, 0.1) is 13.8 Å². The number of rotatable bonds is 4. The molecule has 0 radical (unpaired) electrons. The Hall–Kier alpha value is -2.60. The number of aromatic nitrogens is 2. The van der Waals surface area contributed by atoms with Crippen molar-refractivity contribution in [1.29, 1.82) is 0 Å². The lowest BCUT2D eigenvalue weighted by molar-refractivity contribution is -0.117. The molecule has 138 valence electrons. The molecule has 1 aromatic heterocycles. The van der Waals surface area contributed by atoms with E-state index in [1.165, 1.54) is 17.3 Å². The molecule has 0 N–H and O–H groups in total. The number of para-hydroxylation sites is 1. The van der Waals surface area contributed by atoms with Crippen LogP contribution >= 0.6 is 11.8 Å². The number of nitrogens with zero attached hydrogens (tertiary/aromatic N) is 3. The zero-order chi connectivity index (χ0) is 19.0. The van der Waals surface area contributed by atoms with E-state index in [1.54, 1.807) is 0 Å². The Morgan fingerprint density at radius 1 is 1.15 bits per heavy atom. The quantitative estimate of drug-likeness (QED) is 0.628. The summed E-state index contributed by atoms with van der Waals surface area (Å²) >= 11 is 1.31. The highest BCUT2D eigenvalue weighted by molar-refractivity contribution is 8.00. The zero-order valence-electron chi connectivity index (χ0n) is 15.6. The maximum Gasteiger partial charge on any atom is 0.277 e. The van der Waals surface area contributed by atoms with E-state index in [0.29, 0.717) is 11.1 Å². The topological polar surface area (TPSA) is 59.2 Å². The summed E-state index contributed by atoms with van der Waals surface area (Å²) in [5.41, 5.74) is 5.43. The third-order valence-electron chi connectivity index (χ3n) is 4.65. The van der Waals surface area contributed by atoms with E-state index in [2.05, 4.69) is 22.3 Å². The molecular weight excluding hydrogens is 358 g/mol. The Labute approximate surface area is 162 Å². The van der Waals surface area contributed by atoms with Crippen LogP contribution in [0.15, 0.2) is 52.1 Å². The summed E-state index contributed by atoms with van der Waals surface area (Å²) in [6, 6.07) is 14.2. The number of hydrogen-bond donors (Lipinski definition) is 0. The van der Waals surface area contributed by atoms with Crippen LogP contribution in [-0.4, -0.2) is 27.9 Å². The maximum absolute atomic E-state index is 12.9. The molecule has 1 aliphatic rings. The van der Waals surface area contributed by atoms with Gasteiger partial charge < -0.3 is 9.32 Å². The minimum atomic E-state index is -0.302. The summed E-state index contributed by atoms with van der Waals surface area (Å²) in [5, 5.41) is 8.39. The first-order valence-corrected chi connectivity index (χ1v) is 9.87. The van der Waals surface area contributed by atoms with Crippen molar-refractivity contribution in [2.24, 2.45) is 0 Å². The number of anilines is 1. The molecule has 2 aromatic carbocycles. The predicted octanol–water partition coefficient (Wildman–Crippen LogP) is 4.42. The Balaban J connectivity index is 1.48. The molecule has 0 saturated carbocycles. The summed E-state index contributed by atoms with van der Waals surface area (Å²) in [4.78, 5) is 14.7. The molecule has 1 aliphatic heterocycles. The fourth-order valence-electron chi connectivity index (χ4n) is 3.46. The van der Waals surface area contributed by atoms with E-state index in [1.807, 2.05) is 56.0 Å². The molecule has 1 amide bonds. The molecule has 4 rings (SSSR count). The number of aryl methyl sites for hydroxylation is 2. The monoisotopic (exact) mass is 379 g/mol. The summed E-state index contributed by atoms with van der Waals surface area (Å²) in [6.45, 7) is 6.68. The van der Waals surface area contributed by atoms with Crippen molar-refractivity contribution in [3.8, 4) is 11.5 Å². The molecular formula is C21H21N3O2S. The van der Waals surface area contributed by atoms with Gasteiger partial charge in [-0.3, -0.25) is 4.79 Å². The Morgan fingerprint density at radius 3 is 2.67 bits per heavy atom. The van der Waals surface area contributed by atoms with Crippen molar-refractivity contribution >= 4 is 23.4 Å². The van der Waals surface area contributed by atoms with Crippen molar-refractivity contribution in [3.05, 3.63) is 59.2 Å². The number of thioether (sulfide) groups is 1. The van der Waals surface area contributed by atoms with E-state index >= 15 is 0 Å². The second-order valence-electron chi connectivity index (χ2n) is 6.88. The SMILES string of the molecule is Cc1cc(C)cc(-c2nnc(S[C@H](C)C(=O)N3CCc4ccccc43)o2)c1. The van der Waals surface area contributed by atoms with Crippen LogP contribution in [0.25, 0.3) is 11.5 Å². The van der Waals surface area contributed by atoms with Crippen LogP contribution in [0.2, 0.25) is 0 Å². The number of carbonyl (C=O) groups excluding carboxylic acids is 1. The van der Waals surface area contributed by atoms with Crippen LogP contribution < -0.4 is 4.90 Å². The molecule has 5 nitrogen and oxygen atoms in total. The molecule has 27 heavy (non-hydrogen) atoms. The number of fused-ring (bicyclic) bond motifs is 1. The molecule has 0 saturated heterocycles. The number of carbonyl (C=O) groups is 1. The molecule has 0 spiro atoms. The zero-order valence-corrected chi connectivity index (χ0v) is 16.4. The smallest absolute Gasteiger partial charge is 0.277 e. The summed E-state index contributed by atoms with van der Waals surface area (Å²) in [5.74, 6) is 0.548. The molecule has 0 fully saturated rings. The van der Waals surface area contributed by atoms with Gasteiger partial charge in [-0.25, -0.2) is 0 Å². The third-order valence-corrected chi connectivity index (χ3v) is 5.58. The molecule has 6 heteroatoms. The standard InChI is InChI=1S/C21H21N3O2S/c1-13-10-14(2)12-17(11-13)19-22-23-21(26-19)27-15(3)20(25)24-9-8-16-6-4-5-7-18(16)24/h4-7,10-12,15H,8-9H2,1-3H3/t15-/m1/s1. The number of amides is 1. The van der Waals surface area contributed by atoms with Gasteiger partial charge in [-0.2, -0.15) is 0 Å². The van der Waals surface area contributed by atoms with Gasteiger partial charge in [0.1, 0.15) is 0 Å². The van der Waals surface area contributed by atoms with Crippen LogP contribution in [-0.2, 0) is 11.2 Å². The van der Waals surface area contributed by atoms with Gasteiger partial charge in [-0.1, -0.05) is 47.2 Å². The van der Waals surface area contributed by atoms with Crippen LogP contribution in [0.4, 0.5) is 5.69 Å². The Bertz CT molecular complexity index is 978. The van der Waals surface area contributed by atoms with Crippen LogP contribution in [0.1, 0.15) is 23.6 Å². The number of benzene rings is 2. The fourth-order valence-corrected chi connectivity index (χ4v) is 4.21. The lowest BCUT2D eigenvalue weighted by Gasteiger charge is -2.20. The highest BCUT2D eigenvalue weighted by Crippen LogP contribution is 2.32. The van der Waals surface area contributed by atoms with E-state index in [4.69, 9.17) is 4.42 Å². The minimum Gasteiger partial charge on any atom is -0.411 e. The minimum absolute atomic E-state index is 0.0658. The van der Waals surface area contributed by atoms with E-state index in [9.17, 15) is 4.79 Å². The van der Waals surface area contributed by atoms with Gasteiger partial charge in [0, 0.05) is 17.8 Å². The third kappa shape index (κ3) is 3.62. The second kappa shape index (κ2) is 7.19. The molecule has 0 aliphatic carbocycles. The highest BCUT2D eigenvalue weighted by atomic mass is 32.2. The molecule has 2 heterocycles. The normalized spacial score (nSPS) is 14.3. The summed E-state index contributed by atoms with van der Waals surface area (Å²) in [6.07, 6.45) is 0.900. The predicted molar refractivity (Wildman–Crippen MR) is 107 cm³/mol. The average molecular weight is 379 g/mol. The first kappa shape index (κ1) is 17.8. The molecule has 1 atom stereocenters. The highest BCUT2D eigenvalue weighted by Gasteiger charge is 2.29. The number of hydrogen-bond acceptors (Lipinski definition) is 5. The van der Waals surface area contributed by atoms with Gasteiger partial charge in [0.05, 0.1) is 5.25 Å². The van der Waals surface area contributed by atoms with Gasteiger partial charge in [0.15, 0.2) is 0 Å². The average Bonchev–Trinajstić information content (AvgIpc) is 3.27.